The minimum Gasteiger partial charge on any atom is -0.363 e. The summed E-state index contributed by atoms with van der Waals surface area (Å²) in [5, 5.41) is 0. The summed E-state index contributed by atoms with van der Waals surface area (Å²) in [5.41, 5.74) is 0. The fraction of sp³-hybridized carbons (Fsp3) is 0.941. The molecule has 0 N–H and O–H groups in total. The van der Waals surface area contributed by atoms with Crippen LogP contribution in [0.5, 0.6) is 0 Å². The molecule has 2 heterocycles. The number of rotatable bonds is 3. The number of ether oxygens (including phenoxy) is 1. The first-order valence-electron chi connectivity index (χ1n) is 8.76. The van der Waals surface area contributed by atoms with Gasteiger partial charge in [-0.1, -0.05) is 19.3 Å². The highest BCUT2D eigenvalue weighted by atomic mass is 16.5. The Balaban J connectivity index is 1.53. The van der Waals surface area contributed by atoms with E-state index in [4.69, 9.17) is 4.74 Å². The van der Waals surface area contributed by atoms with E-state index in [-0.39, 0.29) is 18.1 Å². The zero-order valence-corrected chi connectivity index (χ0v) is 13.6. The van der Waals surface area contributed by atoms with Crippen LogP contribution in [0.25, 0.3) is 0 Å². The molecule has 3 atom stereocenters. The Morgan fingerprint density at radius 1 is 1.10 bits per heavy atom. The van der Waals surface area contributed by atoms with Crippen LogP contribution in [0.1, 0.15) is 51.4 Å². The first kappa shape index (κ1) is 15.3. The van der Waals surface area contributed by atoms with E-state index in [2.05, 4.69) is 4.90 Å². The number of hydrogen-bond donors (Lipinski definition) is 0. The Bertz CT molecular complexity index is 366. The van der Waals surface area contributed by atoms with E-state index in [0.717, 1.165) is 31.7 Å². The average Bonchev–Trinajstić information content (AvgIpc) is 2.90. The maximum Gasteiger partial charge on any atom is 0.251 e. The van der Waals surface area contributed by atoms with Gasteiger partial charge in [0, 0.05) is 33.2 Å². The molecule has 3 aliphatic rings. The predicted octanol–water partition coefficient (Wildman–Crippen LogP) is 2.28. The van der Waals surface area contributed by atoms with Crippen LogP contribution < -0.4 is 0 Å². The van der Waals surface area contributed by atoms with E-state index in [1.165, 1.54) is 38.6 Å². The van der Waals surface area contributed by atoms with Gasteiger partial charge in [0.05, 0.1) is 6.10 Å². The number of amides is 1. The maximum absolute atomic E-state index is 12.1. The first-order valence-corrected chi connectivity index (χ1v) is 8.76. The van der Waals surface area contributed by atoms with Gasteiger partial charge in [-0.3, -0.25) is 9.69 Å². The van der Waals surface area contributed by atoms with Gasteiger partial charge in [0.25, 0.3) is 5.91 Å². The Labute approximate surface area is 128 Å². The minimum absolute atomic E-state index is 0.138. The van der Waals surface area contributed by atoms with Gasteiger partial charge < -0.3 is 9.64 Å². The lowest BCUT2D eigenvalue weighted by Gasteiger charge is -2.37. The summed E-state index contributed by atoms with van der Waals surface area (Å²) >= 11 is 0. The second-order valence-electron chi connectivity index (χ2n) is 7.33. The number of fused-ring (bicyclic) bond motifs is 1. The van der Waals surface area contributed by atoms with Crippen LogP contribution in [0.2, 0.25) is 0 Å². The van der Waals surface area contributed by atoms with Gasteiger partial charge in [-0.25, -0.2) is 0 Å². The molecule has 1 amide bonds. The Morgan fingerprint density at radius 3 is 2.57 bits per heavy atom. The fourth-order valence-corrected chi connectivity index (χ4v) is 4.41. The maximum atomic E-state index is 12.1. The SMILES string of the molecule is CN(C)C(=O)[C@H]1CC[C@@H]2[C@@H](CCN2CC2CCCCC2)O1. The molecule has 1 aliphatic carbocycles. The summed E-state index contributed by atoms with van der Waals surface area (Å²) in [4.78, 5) is 16.4. The molecule has 1 saturated carbocycles. The third-order valence-electron chi connectivity index (χ3n) is 5.60. The van der Waals surface area contributed by atoms with Crippen molar-refractivity contribution >= 4 is 5.91 Å². The summed E-state index contributed by atoms with van der Waals surface area (Å²) in [7, 11) is 3.64. The minimum atomic E-state index is -0.198. The van der Waals surface area contributed by atoms with Crippen LogP contribution in [-0.4, -0.2) is 61.1 Å². The second kappa shape index (κ2) is 6.66. The monoisotopic (exact) mass is 294 g/mol. The van der Waals surface area contributed by atoms with E-state index in [9.17, 15) is 4.79 Å². The van der Waals surface area contributed by atoms with Crippen molar-refractivity contribution in [2.45, 2.75) is 69.6 Å². The van der Waals surface area contributed by atoms with Crippen LogP contribution in [0.3, 0.4) is 0 Å². The number of carbonyl (C=O) groups is 1. The molecule has 120 valence electrons. The van der Waals surface area contributed by atoms with Gasteiger partial charge in [0.1, 0.15) is 6.10 Å². The first-order chi connectivity index (χ1) is 10.1. The zero-order chi connectivity index (χ0) is 14.8. The highest BCUT2D eigenvalue weighted by Gasteiger charge is 2.42. The third-order valence-corrected chi connectivity index (χ3v) is 5.60. The summed E-state index contributed by atoms with van der Waals surface area (Å²) in [6.07, 6.45) is 10.3. The smallest absolute Gasteiger partial charge is 0.251 e. The highest BCUT2D eigenvalue weighted by molar-refractivity contribution is 5.80. The molecule has 0 unspecified atom stereocenters. The fourth-order valence-electron chi connectivity index (χ4n) is 4.41. The van der Waals surface area contributed by atoms with E-state index in [1.54, 1.807) is 4.90 Å². The summed E-state index contributed by atoms with van der Waals surface area (Å²) in [6, 6.07) is 0.568. The molecular formula is C17H30N2O2. The lowest BCUT2D eigenvalue weighted by atomic mass is 9.88. The molecule has 0 bridgehead atoms. The molecule has 0 aromatic heterocycles. The standard InChI is InChI=1S/C17H30N2O2/c1-18(2)17(20)16-9-8-14-15(21-16)10-11-19(14)12-13-6-4-3-5-7-13/h13-16H,3-12H2,1-2H3/t14-,15-,16-/m1/s1. The van der Waals surface area contributed by atoms with Crippen molar-refractivity contribution in [1.29, 1.82) is 0 Å². The molecule has 3 rings (SSSR count). The molecule has 0 aromatic rings. The summed E-state index contributed by atoms with van der Waals surface area (Å²) in [6.45, 7) is 2.42. The number of nitrogens with zero attached hydrogens (tertiary/aromatic N) is 2. The molecule has 4 nitrogen and oxygen atoms in total. The second-order valence-corrected chi connectivity index (χ2v) is 7.33. The summed E-state index contributed by atoms with van der Waals surface area (Å²) < 4.78 is 6.12. The molecule has 2 saturated heterocycles. The number of likely N-dealkylation sites (tertiary alicyclic amines) is 1. The van der Waals surface area contributed by atoms with E-state index in [0.29, 0.717) is 6.04 Å². The lowest BCUT2D eigenvalue weighted by molar-refractivity contribution is -0.152. The van der Waals surface area contributed by atoms with Crippen LogP contribution in [0, 0.1) is 5.92 Å². The molecule has 2 aliphatic heterocycles. The summed E-state index contributed by atoms with van der Waals surface area (Å²) in [5.74, 6) is 1.04. The van der Waals surface area contributed by atoms with Crippen LogP contribution in [-0.2, 0) is 9.53 Å². The van der Waals surface area contributed by atoms with Gasteiger partial charge in [-0.2, -0.15) is 0 Å². The van der Waals surface area contributed by atoms with E-state index < -0.39 is 0 Å². The quantitative estimate of drug-likeness (QED) is 0.800. The third kappa shape index (κ3) is 3.42. The van der Waals surface area contributed by atoms with Gasteiger partial charge in [-0.05, 0) is 38.0 Å². The van der Waals surface area contributed by atoms with Crippen molar-refractivity contribution in [3.8, 4) is 0 Å². The van der Waals surface area contributed by atoms with Gasteiger partial charge in [-0.15, -0.1) is 0 Å². The number of carbonyl (C=O) groups excluding carboxylic acids is 1. The van der Waals surface area contributed by atoms with Gasteiger partial charge >= 0.3 is 0 Å². The van der Waals surface area contributed by atoms with Crippen LogP contribution in [0.4, 0.5) is 0 Å². The number of hydrogen-bond acceptors (Lipinski definition) is 3. The van der Waals surface area contributed by atoms with Crippen LogP contribution in [0.15, 0.2) is 0 Å². The van der Waals surface area contributed by atoms with Crippen molar-refractivity contribution < 1.29 is 9.53 Å². The molecule has 0 spiro atoms. The Hall–Kier alpha value is -0.610. The molecule has 0 radical (unpaired) electrons. The molecule has 21 heavy (non-hydrogen) atoms. The predicted molar refractivity (Wildman–Crippen MR) is 83.1 cm³/mol. The number of likely N-dealkylation sites (N-methyl/N-ethyl adjacent to an activating group) is 1. The lowest BCUT2D eigenvalue weighted by Crippen LogP contribution is -2.48. The molecule has 0 aromatic carbocycles. The van der Waals surface area contributed by atoms with Crippen molar-refractivity contribution in [3.05, 3.63) is 0 Å². The van der Waals surface area contributed by atoms with Crippen molar-refractivity contribution in [2.75, 3.05) is 27.2 Å². The van der Waals surface area contributed by atoms with E-state index in [1.807, 2.05) is 14.1 Å². The largest absolute Gasteiger partial charge is 0.363 e. The highest BCUT2D eigenvalue weighted by Crippen LogP contribution is 2.34. The van der Waals surface area contributed by atoms with Crippen LogP contribution >= 0.6 is 0 Å². The Kier molecular flexibility index (Phi) is 4.85. The Morgan fingerprint density at radius 2 is 1.86 bits per heavy atom. The molecule has 4 heteroatoms. The van der Waals surface area contributed by atoms with Crippen molar-refractivity contribution in [3.63, 3.8) is 0 Å². The average molecular weight is 294 g/mol. The van der Waals surface area contributed by atoms with E-state index >= 15 is 0 Å². The van der Waals surface area contributed by atoms with Gasteiger partial charge in [0.2, 0.25) is 0 Å². The van der Waals surface area contributed by atoms with Gasteiger partial charge in [0.15, 0.2) is 0 Å². The zero-order valence-electron chi connectivity index (χ0n) is 13.6. The molecular weight excluding hydrogens is 264 g/mol. The van der Waals surface area contributed by atoms with Crippen molar-refractivity contribution in [2.24, 2.45) is 5.92 Å². The molecule has 3 fully saturated rings. The normalized spacial score (nSPS) is 34.7. The topological polar surface area (TPSA) is 32.8 Å². The van der Waals surface area contributed by atoms with Crippen molar-refractivity contribution in [1.82, 2.24) is 9.80 Å².